The van der Waals surface area contributed by atoms with Crippen LogP contribution in [0.1, 0.15) is 26.7 Å². The third-order valence-corrected chi connectivity index (χ3v) is 3.31. The molecule has 0 aromatic heterocycles. The minimum atomic E-state index is -5.96. The minimum absolute atomic E-state index is 0.734. The third-order valence-electron chi connectivity index (χ3n) is 3.31. The maximum absolute atomic E-state index is 12.6. The summed E-state index contributed by atoms with van der Waals surface area (Å²) < 4.78 is 156. The molecule has 0 spiro atoms. The van der Waals surface area contributed by atoms with Crippen LogP contribution in [0.4, 0.5) is 52.7 Å². The molecule has 0 aliphatic rings. The van der Waals surface area contributed by atoms with Crippen LogP contribution in [0.25, 0.3) is 0 Å². The van der Waals surface area contributed by atoms with Crippen molar-refractivity contribution in [2.24, 2.45) is 11.8 Å². The molecule has 152 valence electrons. The highest BCUT2D eigenvalue weighted by atomic mass is 19.4. The molecule has 0 fully saturated rings. The third kappa shape index (κ3) is 6.74. The van der Waals surface area contributed by atoms with E-state index in [1.165, 1.54) is 0 Å². The van der Waals surface area contributed by atoms with E-state index >= 15 is 0 Å². The largest absolute Gasteiger partial charge is 0.403 e. The first kappa shape index (κ1) is 24.1. The summed E-state index contributed by atoms with van der Waals surface area (Å²) in [5, 5.41) is 0. The fourth-order valence-corrected chi connectivity index (χ4v) is 2.26. The molecular weight excluding hydrogens is 388 g/mol. The standard InChI is InChI=1S/C12H14F12O/c1-3-5(7(9(13,14)15)10(16,17)18)25-6(4-2)8(11(19,20)21)12(22,23)24/h5-8H,3-4H2,1-2H3. The Balaban J connectivity index is 5.83. The molecule has 0 N–H and O–H groups in total. The van der Waals surface area contributed by atoms with Gasteiger partial charge in [0.2, 0.25) is 0 Å². The van der Waals surface area contributed by atoms with Crippen molar-refractivity contribution in [2.45, 2.75) is 63.6 Å². The molecular formula is C12H14F12O. The van der Waals surface area contributed by atoms with Gasteiger partial charge in [-0.3, -0.25) is 0 Å². The van der Waals surface area contributed by atoms with Crippen molar-refractivity contribution in [3.05, 3.63) is 0 Å². The van der Waals surface area contributed by atoms with Crippen LogP contribution in [-0.4, -0.2) is 36.9 Å². The van der Waals surface area contributed by atoms with E-state index in [9.17, 15) is 52.7 Å². The van der Waals surface area contributed by atoms with Gasteiger partial charge < -0.3 is 4.74 Å². The lowest BCUT2D eigenvalue weighted by molar-refractivity contribution is -0.339. The van der Waals surface area contributed by atoms with E-state index in [-0.39, 0.29) is 0 Å². The summed E-state index contributed by atoms with van der Waals surface area (Å²) in [5.74, 6) is -8.41. The molecule has 2 atom stereocenters. The van der Waals surface area contributed by atoms with Crippen LogP contribution in [0.5, 0.6) is 0 Å². The normalized spacial score (nSPS) is 17.3. The number of hydrogen-bond acceptors (Lipinski definition) is 1. The van der Waals surface area contributed by atoms with Crippen molar-refractivity contribution in [3.8, 4) is 0 Å². The molecule has 0 amide bonds. The quantitative estimate of drug-likeness (QED) is 0.492. The Morgan fingerprint density at radius 2 is 0.720 bits per heavy atom. The molecule has 2 unspecified atom stereocenters. The highest BCUT2D eigenvalue weighted by molar-refractivity contribution is 4.87. The number of halogens is 12. The second-order valence-electron chi connectivity index (χ2n) is 5.15. The summed E-state index contributed by atoms with van der Waals surface area (Å²) in [6.45, 7) is 1.47. The fraction of sp³-hybridized carbons (Fsp3) is 1.00. The van der Waals surface area contributed by atoms with Crippen LogP contribution in [0.2, 0.25) is 0 Å². The summed E-state index contributed by atoms with van der Waals surface area (Å²) in [7, 11) is 0. The van der Waals surface area contributed by atoms with Crippen LogP contribution >= 0.6 is 0 Å². The topological polar surface area (TPSA) is 9.23 Å². The molecule has 0 bridgehead atoms. The van der Waals surface area contributed by atoms with Gasteiger partial charge in [0.15, 0.2) is 11.8 Å². The zero-order chi connectivity index (χ0) is 20.4. The number of hydrogen-bond donors (Lipinski definition) is 0. The van der Waals surface area contributed by atoms with E-state index in [0.717, 1.165) is 13.8 Å². The van der Waals surface area contributed by atoms with E-state index in [4.69, 9.17) is 0 Å². The number of rotatable bonds is 6. The Hall–Kier alpha value is -0.880. The van der Waals surface area contributed by atoms with Gasteiger partial charge in [0.1, 0.15) is 0 Å². The van der Waals surface area contributed by atoms with E-state index in [1.54, 1.807) is 0 Å². The molecule has 0 saturated heterocycles. The smallest absolute Gasteiger partial charge is 0.373 e. The van der Waals surface area contributed by atoms with Gasteiger partial charge in [-0.05, 0) is 12.8 Å². The minimum Gasteiger partial charge on any atom is -0.373 e. The Morgan fingerprint density at radius 3 is 0.840 bits per heavy atom. The van der Waals surface area contributed by atoms with Gasteiger partial charge in [0.25, 0.3) is 0 Å². The maximum Gasteiger partial charge on any atom is 0.403 e. The molecule has 13 heteroatoms. The zero-order valence-electron chi connectivity index (χ0n) is 12.7. The van der Waals surface area contributed by atoms with Gasteiger partial charge in [-0.25, -0.2) is 0 Å². The molecule has 0 aromatic carbocycles. The van der Waals surface area contributed by atoms with E-state index in [0.29, 0.717) is 0 Å². The van der Waals surface area contributed by atoms with E-state index in [1.807, 2.05) is 0 Å². The molecule has 1 nitrogen and oxygen atoms in total. The lowest BCUT2D eigenvalue weighted by Crippen LogP contribution is -2.51. The van der Waals surface area contributed by atoms with Gasteiger partial charge >= 0.3 is 24.7 Å². The first-order chi connectivity index (χ1) is 10.9. The lowest BCUT2D eigenvalue weighted by atomic mass is 9.95. The van der Waals surface area contributed by atoms with Crippen LogP contribution in [0.3, 0.4) is 0 Å². The van der Waals surface area contributed by atoms with Crippen LogP contribution in [-0.2, 0) is 4.74 Å². The maximum atomic E-state index is 12.6. The molecule has 0 aromatic rings. The number of alkyl halides is 12. The van der Waals surface area contributed by atoms with Crippen LogP contribution in [0.15, 0.2) is 0 Å². The van der Waals surface area contributed by atoms with E-state index in [2.05, 4.69) is 4.74 Å². The average molecular weight is 402 g/mol. The Kier molecular flexibility index (Phi) is 7.51. The monoisotopic (exact) mass is 402 g/mol. The van der Waals surface area contributed by atoms with Gasteiger partial charge in [0.05, 0.1) is 12.2 Å². The van der Waals surface area contributed by atoms with Crippen molar-refractivity contribution in [1.29, 1.82) is 0 Å². The van der Waals surface area contributed by atoms with Gasteiger partial charge in [-0.15, -0.1) is 0 Å². The summed E-state index contributed by atoms with van der Waals surface area (Å²) in [4.78, 5) is 0. The summed E-state index contributed by atoms with van der Waals surface area (Å²) in [6.07, 6.45) is -31.9. The lowest BCUT2D eigenvalue weighted by Gasteiger charge is -2.36. The van der Waals surface area contributed by atoms with Crippen molar-refractivity contribution >= 4 is 0 Å². The predicted octanol–water partition coefficient (Wildman–Crippen LogP) is 6.04. The van der Waals surface area contributed by atoms with Gasteiger partial charge in [-0.1, -0.05) is 13.8 Å². The molecule has 0 saturated carbocycles. The predicted molar refractivity (Wildman–Crippen MR) is 60.4 cm³/mol. The van der Waals surface area contributed by atoms with E-state index < -0.39 is 61.6 Å². The molecule has 0 aliphatic heterocycles. The van der Waals surface area contributed by atoms with Crippen LogP contribution < -0.4 is 0 Å². The summed E-state index contributed by atoms with van der Waals surface area (Å²) in [5.41, 5.74) is 0. The molecule has 0 aliphatic carbocycles. The summed E-state index contributed by atoms with van der Waals surface area (Å²) in [6, 6.07) is 0. The van der Waals surface area contributed by atoms with Crippen molar-refractivity contribution in [1.82, 2.24) is 0 Å². The second kappa shape index (κ2) is 7.78. The summed E-state index contributed by atoms with van der Waals surface area (Å²) >= 11 is 0. The zero-order valence-corrected chi connectivity index (χ0v) is 12.7. The Morgan fingerprint density at radius 1 is 0.520 bits per heavy atom. The fourth-order valence-electron chi connectivity index (χ4n) is 2.26. The van der Waals surface area contributed by atoms with Gasteiger partial charge in [-0.2, -0.15) is 52.7 Å². The van der Waals surface area contributed by atoms with Crippen molar-refractivity contribution in [2.75, 3.05) is 0 Å². The SMILES string of the molecule is CCC(OC(CC)C(C(F)(F)F)C(F)(F)F)C(C(F)(F)F)C(F)(F)F. The Labute approximate surface area is 134 Å². The van der Waals surface area contributed by atoms with Gasteiger partial charge in [0, 0.05) is 0 Å². The molecule has 0 heterocycles. The van der Waals surface area contributed by atoms with Crippen LogP contribution in [0, 0.1) is 11.8 Å². The highest BCUT2D eigenvalue weighted by Gasteiger charge is 2.64. The highest BCUT2D eigenvalue weighted by Crippen LogP contribution is 2.47. The first-order valence-corrected chi connectivity index (χ1v) is 6.79. The van der Waals surface area contributed by atoms with Crippen molar-refractivity contribution in [3.63, 3.8) is 0 Å². The average Bonchev–Trinajstić information content (AvgIpc) is 2.29. The number of ether oxygens (including phenoxy) is 1. The van der Waals surface area contributed by atoms with Crippen molar-refractivity contribution < 1.29 is 57.4 Å². The first-order valence-electron chi connectivity index (χ1n) is 6.79. The Bertz CT molecular complexity index is 338. The molecule has 25 heavy (non-hydrogen) atoms. The second-order valence-corrected chi connectivity index (χ2v) is 5.15. The molecule has 0 radical (unpaired) electrons. The molecule has 0 rings (SSSR count).